The fourth-order valence-electron chi connectivity index (χ4n) is 1.45. The van der Waals surface area contributed by atoms with Crippen molar-refractivity contribution < 1.29 is 18.9 Å². The second kappa shape index (κ2) is 5.21. The maximum absolute atomic E-state index is 3.10. The molecule has 1 aromatic rings. The molecule has 0 aromatic heterocycles. The third kappa shape index (κ3) is 2.53. The molecular weight excluding hydrogens is 278 g/mol. The minimum Gasteiger partial charge on any atom is -0.255 e. The third-order valence-electron chi connectivity index (χ3n) is 2.21. The summed E-state index contributed by atoms with van der Waals surface area (Å²) >= 11 is 2.50. The average Bonchev–Trinajstić information content (AvgIpc) is 2.20. The summed E-state index contributed by atoms with van der Waals surface area (Å²) in [5.41, 5.74) is 1.37. The Morgan fingerprint density at radius 2 is 1.93 bits per heavy atom. The fourth-order valence-corrected chi connectivity index (χ4v) is 2.21. The molecule has 1 aromatic carbocycles. The van der Waals surface area contributed by atoms with Crippen LogP contribution in [0.2, 0.25) is 0 Å². The van der Waals surface area contributed by atoms with Crippen LogP contribution in [0.3, 0.4) is 0 Å². The Balaban J connectivity index is 0.000000980. The molecule has 0 heterocycles. The van der Waals surface area contributed by atoms with Crippen LogP contribution in [0.1, 0.15) is 12.0 Å². The Bertz CT molecular complexity index is 343. The van der Waals surface area contributed by atoms with Crippen LogP contribution in [0.5, 0.6) is 0 Å². The first kappa shape index (κ1) is 12.1. The monoisotopic (exact) mass is 288 g/mol. The van der Waals surface area contributed by atoms with Gasteiger partial charge in [-0.3, -0.25) is 6.08 Å². The van der Waals surface area contributed by atoms with Crippen molar-refractivity contribution in [2.24, 2.45) is 0 Å². The van der Waals surface area contributed by atoms with Gasteiger partial charge in [-0.2, -0.15) is 6.08 Å². The van der Waals surface area contributed by atoms with Crippen molar-refractivity contribution in [1.29, 1.82) is 0 Å². The molecule has 1 aliphatic carbocycles. The predicted octanol–water partition coefficient (Wildman–Crippen LogP) is 0.640. The Labute approximate surface area is 111 Å². The van der Waals surface area contributed by atoms with Crippen LogP contribution in [0.15, 0.2) is 48.6 Å². The van der Waals surface area contributed by atoms with E-state index < -0.39 is 0 Å². The van der Waals surface area contributed by atoms with Gasteiger partial charge >= 0.3 is 18.9 Å². The van der Waals surface area contributed by atoms with Gasteiger partial charge in [-0.05, 0) is 12.0 Å². The third-order valence-corrected chi connectivity index (χ3v) is 3.64. The van der Waals surface area contributed by atoms with Crippen molar-refractivity contribution in [2.75, 3.05) is 0 Å². The van der Waals surface area contributed by atoms with Gasteiger partial charge in [-0.1, -0.05) is 52.9 Å². The summed E-state index contributed by atoms with van der Waals surface area (Å²) < 4.78 is 0.143. The van der Waals surface area contributed by atoms with E-state index in [1.165, 1.54) is 5.56 Å². The molecule has 0 bridgehead atoms. The van der Waals surface area contributed by atoms with Crippen molar-refractivity contribution in [1.82, 2.24) is 0 Å². The summed E-state index contributed by atoms with van der Waals surface area (Å²) in [6.07, 6.45) is 10.4. The van der Waals surface area contributed by atoms with E-state index in [1.807, 2.05) is 6.08 Å². The quantitative estimate of drug-likeness (QED) is 0.308. The smallest absolute Gasteiger partial charge is 0.255 e. The first-order valence-electron chi connectivity index (χ1n) is 4.31. The Morgan fingerprint density at radius 1 is 1.21 bits per heavy atom. The Hall–Kier alpha value is 0.0274. The summed E-state index contributed by atoms with van der Waals surface area (Å²) in [6, 6.07) is 10.6. The van der Waals surface area contributed by atoms with Gasteiger partial charge in [0.1, 0.15) is 0 Å². The molecule has 0 fully saturated rings. The van der Waals surface area contributed by atoms with E-state index in [0.29, 0.717) is 0 Å². The van der Waals surface area contributed by atoms with Crippen LogP contribution < -0.4 is 18.9 Å². The minimum atomic E-state index is 0. The van der Waals surface area contributed by atoms with Gasteiger partial charge in [-0.15, -0.1) is 0 Å². The van der Waals surface area contributed by atoms with Gasteiger partial charge in [0.15, 0.2) is 0 Å². The molecule has 2 rings (SSSR count). The maximum Gasteiger partial charge on any atom is 1.00 e. The molecular formula is C12H10ILi. The van der Waals surface area contributed by atoms with Gasteiger partial charge < -0.3 is 0 Å². The second-order valence-electron chi connectivity index (χ2n) is 3.14. The van der Waals surface area contributed by atoms with Crippen LogP contribution in [0.4, 0.5) is 0 Å². The number of halogens is 1. The standard InChI is InChI=1S/C12H10I.Li/c13-12(9-5-2-6-10-12)11-7-3-1-4-8-11;/h1,3-9H,10H2;/q-1;+1. The van der Waals surface area contributed by atoms with Crippen molar-refractivity contribution in [2.45, 2.75) is 9.84 Å². The molecule has 0 aliphatic heterocycles. The van der Waals surface area contributed by atoms with Crippen molar-refractivity contribution in [3.05, 3.63) is 60.2 Å². The summed E-state index contributed by atoms with van der Waals surface area (Å²) in [5, 5.41) is 0. The van der Waals surface area contributed by atoms with Crippen molar-refractivity contribution >= 4 is 22.6 Å². The van der Waals surface area contributed by atoms with E-state index in [4.69, 9.17) is 0 Å². The van der Waals surface area contributed by atoms with E-state index >= 15 is 0 Å². The predicted molar refractivity (Wildman–Crippen MR) is 63.7 cm³/mol. The van der Waals surface area contributed by atoms with Crippen LogP contribution in [-0.4, -0.2) is 0 Å². The molecule has 66 valence electrons. The first-order chi connectivity index (χ1) is 6.31. The van der Waals surface area contributed by atoms with Gasteiger partial charge in [0.2, 0.25) is 0 Å². The zero-order chi connectivity index (χ0) is 9.15. The molecule has 0 spiro atoms. The number of alkyl halides is 1. The normalized spacial score (nSPS) is 24.4. The summed E-state index contributed by atoms with van der Waals surface area (Å²) in [6.45, 7) is 0. The Kier molecular flexibility index (Phi) is 4.50. The average molecular weight is 288 g/mol. The van der Waals surface area contributed by atoms with E-state index in [1.54, 1.807) is 0 Å². The Morgan fingerprint density at radius 3 is 2.50 bits per heavy atom. The summed E-state index contributed by atoms with van der Waals surface area (Å²) in [7, 11) is 0. The SMILES string of the molecule is IC1(c2ccccc2)C=C[C-]=CC1.[Li+]. The molecule has 0 saturated heterocycles. The molecule has 2 heteroatoms. The molecule has 0 N–H and O–H groups in total. The van der Waals surface area contributed by atoms with Crippen LogP contribution >= 0.6 is 22.6 Å². The molecule has 0 radical (unpaired) electrons. The molecule has 0 amide bonds. The van der Waals surface area contributed by atoms with E-state index in [-0.39, 0.29) is 22.3 Å². The largest absolute Gasteiger partial charge is 1.00 e. The van der Waals surface area contributed by atoms with Gasteiger partial charge in [0.25, 0.3) is 0 Å². The van der Waals surface area contributed by atoms with Gasteiger partial charge in [0.05, 0.1) is 0 Å². The van der Waals surface area contributed by atoms with Crippen molar-refractivity contribution in [3.63, 3.8) is 0 Å². The summed E-state index contributed by atoms with van der Waals surface area (Å²) in [5.74, 6) is 0. The van der Waals surface area contributed by atoms with Crippen LogP contribution in [-0.2, 0) is 3.42 Å². The van der Waals surface area contributed by atoms with Gasteiger partial charge in [-0.25, -0.2) is 12.2 Å². The van der Waals surface area contributed by atoms with E-state index in [9.17, 15) is 0 Å². The number of rotatable bonds is 1. The van der Waals surface area contributed by atoms with E-state index in [0.717, 1.165) is 6.42 Å². The maximum atomic E-state index is 3.10. The second-order valence-corrected chi connectivity index (χ2v) is 5.06. The fraction of sp³-hybridized carbons (Fsp3) is 0.167. The van der Waals surface area contributed by atoms with Crippen LogP contribution in [0.25, 0.3) is 0 Å². The molecule has 14 heavy (non-hydrogen) atoms. The molecule has 1 unspecified atom stereocenters. The van der Waals surface area contributed by atoms with Crippen molar-refractivity contribution in [3.8, 4) is 0 Å². The van der Waals surface area contributed by atoms with Crippen LogP contribution in [0, 0.1) is 6.08 Å². The first-order valence-corrected chi connectivity index (χ1v) is 5.39. The zero-order valence-electron chi connectivity index (χ0n) is 8.20. The summed E-state index contributed by atoms with van der Waals surface area (Å²) in [4.78, 5) is 0. The molecule has 0 saturated carbocycles. The topological polar surface area (TPSA) is 0 Å². The molecule has 1 atom stereocenters. The van der Waals surface area contributed by atoms with Gasteiger partial charge in [0, 0.05) is 3.42 Å². The zero-order valence-corrected chi connectivity index (χ0v) is 10.4. The van der Waals surface area contributed by atoms with E-state index in [2.05, 4.69) is 71.2 Å². The number of benzene rings is 1. The minimum absolute atomic E-state index is 0. The number of hydrogen-bond donors (Lipinski definition) is 0. The molecule has 1 aliphatic rings. The number of hydrogen-bond acceptors (Lipinski definition) is 0. The number of allylic oxidation sites excluding steroid dienone is 4. The molecule has 0 nitrogen and oxygen atoms in total.